The summed E-state index contributed by atoms with van der Waals surface area (Å²) in [7, 11) is 1.56. The van der Waals surface area contributed by atoms with Crippen molar-refractivity contribution in [2.24, 2.45) is 5.73 Å². The largest absolute Gasteiger partial charge is 0.497 e. The first-order chi connectivity index (χ1) is 10.1. The molecule has 2 aromatic rings. The van der Waals surface area contributed by atoms with E-state index in [4.69, 9.17) is 15.2 Å². The molecule has 0 aliphatic carbocycles. The molecule has 0 heterocycles. The molecular formula is C16H17F2NO2. The predicted molar refractivity (Wildman–Crippen MR) is 76.4 cm³/mol. The quantitative estimate of drug-likeness (QED) is 0.890. The molecule has 0 spiro atoms. The van der Waals surface area contributed by atoms with E-state index in [-0.39, 0.29) is 12.2 Å². The van der Waals surface area contributed by atoms with Gasteiger partial charge in [0.05, 0.1) is 7.11 Å². The Morgan fingerprint density at radius 1 is 1.05 bits per heavy atom. The Morgan fingerprint density at radius 3 is 2.48 bits per heavy atom. The number of methoxy groups -OCH3 is 1. The van der Waals surface area contributed by atoms with Crippen LogP contribution >= 0.6 is 0 Å². The number of hydrogen-bond acceptors (Lipinski definition) is 3. The Bertz CT molecular complexity index is 617. The van der Waals surface area contributed by atoms with E-state index in [0.29, 0.717) is 24.5 Å². The molecule has 2 rings (SSSR count). The second kappa shape index (κ2) is 7.04. The smallest absolute Gasteiger partial charge is 0.132 e. The first-order valence-corrected chi connectivity index (χ1v) is 6.57. The van der Waals surface area contributed by atoms with Crippen LogP contribution in [-0.4, -0.2) is 13.7 Å². The molecule has 0 saturated carbocycles. The molecule has 5 heteroatoms. The first-order valence-electron chi connectivity index (χ1n) is 6.57. The fourth-order valence-corrected chi connectivity index (χ4v) is 1.95. The highest BCUT2D eigenvalue weighted by Crippen LogP contribution is 2.26. The molecule has 0 saturated heterocycles. The maximum absolute atomic E-state index is 13.6. The lowest BCUT2D eigenvalue weighted by atomic mass is 10.1. The fourth-order valence-electron chi connectivity index (χ4n) is 1.95. The van der Waals surface area contributed by atoms with Gasteiger partial charge in [0.15, 0.2) is 0 Å². The topological polar surface area (TPSA) is 44.5 Å². The molecule has 0 unspecified atom stereocenters. The van der Waals surface area contributed by atoms with Crippen LogP contribution in [0.2, 0.25) is 0 Å². The van der Waals surface area contributed by atoms with Crippen molar-refractivity contribution in [1.29, 1.82) is 0 Å². The fraction of sp³-hybridized carbons (Fsp3) is 0.250. The van der Waals surface area contributed by atoms with Crippen LogP contribution in [0, 0.1) is 11.6 Å². The third kappa shape index (κ3) is 3.92. The molecule has 2 aromatic carbocycles. The molecule has 0 bridgehead atoms. The third-order valence-corrected chi connectivity index (χ3v) is 3.09. The van der Waals surface area contributed by atoms with Crippen LogP contribution in [0.3, 0.4) is 0 Å². The number of hydrogen-bond donors (Lipinski definition) is 1. The number of rotatable bonds is 6. The van der Waals surface area contributed by atoms with Crippen LogP contribution in [0.1, 0.15) is 11.1 Å². The summed E-state index contributed by atoms with van der Waals surface area (Å²) in [6, 6.07) is 8.82. The molecule has 0 radical (unpaired) electrons. The van der Waals surface area contributed by atoms with Gasteiger partial charge < -0.3 is 15.2 Å². The minimum atomic E-state index is -0.627. The zero-order valence-electron chi connectivity index (χ0n) is 11.7. The number of benzene rings is 2. The number of nitrogens with two attached hydrogens (primary N) is 1. The Labute approximate surface area is 122 Å². The van der Waals surface area contributed by atoms with Crippen LogP contribution in [-0.2, 0) is 13.0 Å². The average Bonchev–Trinajstić information content (AvgIpc) is 2.48. The molecule has 0 aliphatic heterocycles. The summed E-state index contributed by atoms with van der Waals surface area (Å²) in [5, 5.41) is 0. The van der Waals surface area contributed by atoms with Gasteiger partial charge in [-0.3, -0.25) is 0 Å². The maximum Gasteiger partial charge on any atom is 0.132 e. The average molecular weight is 293 g/mol. The van der Waals surface area contributed by atoms with E-state index in [0.717, 1.165) is 11.6 Å². The highest BCUT2D eigenvalue weighted by atomic mass is 19.1. The zero-order chi connectivity index (χ0) is 15.2. The van der Waals surface area contributed by atoms with Crippen molar-refractivity contribution in [2.75, 3.05) is 13.7 Å². The van der Waals surface area contributed by atoms with Crippen LogP contribution in [0.5, 0.6) is 11.5 Å². The molecule has 0 atom stereocenters. The Morgan fingerprint density at radius 2 is 1.81 bits per heavy atom. The molecule has 2 N–H and O–H groups in total. The van der Waals surface area contributed by atoms with Gasteiger partial charge in [-0.25, -0.2) is 8.78 Å². The molecular weight excluding hydrogens is 276 g/mol. The molecule has 21 heavy (non-hydrogen) atoms. The Hall–Kier alpha value is -2.14. The molecule has 112 valence electrons. The van der Waals surface area contributed by atoms with Gasteiger partial charge in [-0.15, -0.1) is 0 Å². The lowest BCUT2D eigenvalue weighted by Gasteiger charge is -2.13. The minimum Gasteiger partial charge on any atom is -0.497 e. The number of halogens is 2. The van der Waals surface area contributed by atoms with Crippen molar-refractivity contribution in [3.05, 3.63) is 59.2 Å². The first kappa shape index (κ1) is 15.3. The summed E-state index contributed by atoms with van der Waals surface area (Å²) < 4.78 is 37.2. The summed E-state index contributed by atoms with van der Waals surface area (Å²) >= 11 is 0. The van der Waals surface area contributed by atoms with Crippen LogP contribution in [0.4, 0.5) is 8.78 Å². The van der Waals surface area contributed by atoms with Crippen molar-refractivity contribution < 1.29 is 18.3 Å². The predicted octanol–water partition coefficient (Wildman–Crippen LogP) is 3.05. The second-order valence-electron chi connectivity index (χ2n) is 4.54. The SMILES string of the molecule is COc1ccc(CCN)c(OCc2ccc(F)cc2F)c1. The highest BCUT2D eigenvalue weighted by molar-refractivity contribution is 5.41. The normalized spacial score (nSPS) is 10.5. The number of ether oxygens (including phenoxy) is 2. The van der Waals surface area contributed by atoms with Crippen LogP contribution in [0.25, 0.3) is 0 Å². The van der Waals surface area contributed by atoms with Crippen molar-refractivity contribution in [3.8, 4) is 11.5 Å². The van der Waals surface area contributed by atoms with Gasteiger partial charge in [-0.05, 0) is 36.7 Å². The van der Waals surface area contributed by atoms with Crippen molar-refractivity contribution in [2.45, 2.75) is 13.0 Å². The van der Waals surface area contributed by atoms with Crippen LogP contribution in [0.15, 0.2) is 36.4 Å². The van der Waals surface area contributed by atoms with Crippen molar-refractivity contribution >= 4 is 0 Å². The molecule has 0 aromatic heterocycles. The molecule has 0 fully saturated rings. The van der Waals surface area contributed by atoms with E-state index in [1.54, 1.807) is 13.2 Å². The Balaban J connectivity index is 2.17. The molecule has 0 aliphatic rings. The third-order valence-electron chi connectivity index (χ3n) is 3.09. The summed E-state index contributed by atoms with van der Waals surface area (Å²) in [6.45, 7) is 0.491. The van der Waals surface area contributed by atoms with Crippen molar-refractivity contribution in [1.82, 2.24) is 0 Å². The molecule has 3 nitrogen and oxygen atoms in total. The summed E-state index contributed by atoms with van der Waals surface area (Å²) in [5.74, 6) is -0.00593. The highest BCUT2D eigenvalue weighted by Gasteiger charge is 2.08. The monoisotopic (exact) mass is 293 g/mol. The van der Waals surface area contributed by atoms with Gasteiger partial charge in [-0.1, -0.05) is 6.07 Å². The van der Waals surface area contributed by atoms with E-state index in [2.05, 4.69) is 0 Å². The van der Waals surface area contributed by atoms with E-state index >= 15 is 0 Å². The Kier molecular flexibility index (Phi) is 5.11. The summed E-state index contributed by atoms with van der Waals surface area (Å²) in [6.07, 6.45) is 0.644. The minimum absolute atomic E-state index is 0.0108. The van der Waals surface area contributed by atoms with E-state index in [1.165, 1.54) is 12.1 Å². The van der Waals surface area contributed by atoms with Gasteiger partial charge in [0.2, 0.25) is 0 Å². The summed E-state index contributed by atoms with van der Waals surface area (Å²) in [5.41, 5.74) is 6.77. The maximum atomic E-state index is 13.6. The van der Waals surface area contributed by atoms with E-state index < -0.39 is 11.6 Å². The lowest BCUT2D eigenvalue weighted by Crippen LogP contribution is -2.06. The standard InChI is InChI=1S/C16H17F2NO2/c1-20-14-5-3-11(6-7-19)16(9-14)21-10-12-2-4-13(17)8-15(12)18/h2-5,8-9H,6-7,10,19H2,1H3. The molecule has 0 amide bonds. The van der Waals surface area contributed by atoms with Gasteiger partial charge in [0, 0.05) is 17.7 Å². The van der Waals surface area contributed by atoms with Gasteiger partial charge in [0.25, 0.3) is 0 Å². The van der Waals surface area contributed by atoms with Crippen LogP contribution < -0.4 is 15.2 Å². The lowest BCUT2D eigenvalue weighted by molar-refractivity contribution is 0.294. The summed E-state index contributed by atoms with van der Waals surface area (Å²) in [4.78, 5) is 0. The van der Waals surface area contributed by atoms with E-state index in [1.807, 2.05) is 12.1 Å². The van der Waals surface area contributed by atoms with E-state index in [9.17, 15) is 8.78 Å². The van der Waals surface area contributed by atoms with Crippen molar-refractivity contribution in [3.63, 3.8) is 0 Å². The second-order valence-corrected chi connectivity index (χ2v) is 4.54. The van der Waals surface area contributed by atoms with Gasteiger partial charge >= 0.3 is 0 Å². The zero-order valence-corrected chi connectivity index (χ0v) is 11.7. The van der Waals surface area contributed by atoms with Gasteiger partial charge in [-0.2, -0.15) is 0 Å². The van der Waals surface area contributed by atoms with Gasteiger partial charge in [0.1, 0.15) is 29.7 Å².